The fraction of sp³-hybridized carbons (Fsp3) is 0.304. The summed E-state index contributed by atoms with van der Waals surface area (Å²) in [6, 6.07) is 14.6. The smallest absolute Gasteiger partial charge is 0.282 e. The molecule has 0 spiro atoms. The van der Waals surface area contributed by atoms with Gasteiger partial charge in [-0.25, -0.2) is 4.90 Å². The molecule has 2 atom stereocenters. The Hall–Kier alpha value is -2.63. The Kier molecular flexibility index (Phi) is 5.19. The fourth-order valence-corrected chi connectivity index (χ4v) is 4.26. The summed E-state index contributed by atoms with van der Waals surface area (Å²) < 4.78 is 5.83. The highest BCUT2D eigenvalue weighted by Crippen LogP contribution is 2.38. The van der Waals surface area contributed by atoms with E-state index in [1.807, 2.05) is 56.0 Å². The first-order valence-electron chi connectivity index (χ1n) is 9.72. The van der Waals surface area contributed by atoms with Gasteiger partial charge in [-0.15, -0.1) is 0 Å². The number of rotatable bonds is 3. The molecule has 2 heterocycles. The molecule has 0 aliphatic carbocycles. The van der Waals surface area contributed by atoms with Gasteiger partial charge in [-0.1, -0.05) is 48.0 Å². The summed E-state index contributed by atoms with van der Waals surface area (Å²) in [5.41, 5.74) is 2.81. The van der Waals surface area contributed by atoms with E-state index in [0.29, 0.717) is 40.6 Å². The van der Waals surface area contributed by atoms with Crippen molar-refractivity contribution in [2.24, 2.45) is 0 Å². The second-order valence-corrected chi connectivity index (χ2v) is 7.99. The Morgan fingerprint density at radius 3 is 2.24 bits per heavy atom. The van der Waals surface area contributed by atoms with Crippen LogP contribution in [0.25, 0.3) is 5.57 Å². The van der Waals surface area contributed by atoms with Gasteiger partial charge in [0.25, 0.3) is 11.8 Å². The molecule has 2 aliphatic heterocycles. The maximum Gasteiger partial charge on any atom is 0.282 e. The van der Waals surface area contributed by atoms with E-state index in [9.17, 15) is 9.59 Å². The first-order chi connectivity index (χ1) is 13.9. The molecular weight excluding hydrogens is 388 g/mol. The van der Waals surface area contributed by atoms with Crippen LogP contribution in [0, 0.1) is 6.92 Å². The Labute approximate surface area is 175 Å². The number of hydrogen-bond donors (Lipinski definition) is 0. The van der Waals surface area contributed by atoms with E-state index in [-0.39, 0.29) is 24.0 Å². The number of hydrogen-bond acceptors (Lipinski definition) is 4. The van der Waals surface area contributed by atoms with Crippen LogP contribution in [0.15, 0.2) is 54.2 Å². The Bertz CT molecular complexity index is 992. The summed E-state index contributed by atoms with van der Waals surface area (Å²) in [7, 11) is 0. The highest BCUT2D eigenvalue weighted by atomic mass is 35.5. The third kappa shape index (κ3) is 3.45. The van der Waals surface area contributed by atoms with Crippen LogP contribution in [0.1, 0.15) is 25.0 Å². The SMILES string of the molecule is Cc1c(Cl)cccc1N1C(=O)C(c2ccccc2)=C(N2CC(C)OC(C)C2)C1=O. The summed E-state index contributed by atoms with van der Waals surface area (Å²) in [6.45, 7) is 6.88. The average Bonchev–Trinajstić information content (AvgIpc) is 2.94. The molecule has 1 saturated heterocycles. The van der Waals surface area contributed by atoms with Crippen molar-refractivity contribution in [3.63, 3.8) is 0 Å². The van der Waals surface area contributed by atoms with Gasteiger partial charge >= 0.3 is 0 Å². The normalized spacial score (nSPS) is 22.6. The minimum absolute atomic E-state index is 0.0341. The molecule has 2 aromatic carbocycles. The summed E-state index contributed by atoms with van der Waals surface area (Å²) in [5.74, 6) is -0.645. The Morgan fingerprint density at radius 2 is 1.59 bits per heavy atom. The molecule has 5 nitrogen and oxygen atoms in total. The first-order valence-corrected chi connectivity index (χ1v) is 10.1. The molecule has 0 aromatic heterocycles. The van der Waals surface area contributed by atoms with E-state index in [2.05, 4.69) is 0 Å². The van der Waals surface area contributed by atoms with Crippen molar-refractivity contribution in [2.45, 2.75) is 33.0 Å². The highest BCUT2D eigenvalue weighted by molar-refractivity contribution is 6.46. The number of imide groups is 1. The molecule has 2 aliphatic rings. The van der Waals surface area contributed by atoms with Crippen molar-refractivity contribution in [3.8, 4) is 0 Å². The predicted octanol–water partition coefficient (Wildman–Crippen LogP) is 4.04. The van der Waals surface area contributed by atoms with Gasteiger partial charge in [0.15, 0.2) is 0 Å². The van der Waals surface area contributed by atoms with E-state index < -0.39 is 0 Å². The molecule has 6 heteroatoms. The number of benzene rings is 2. The topological polar surface area (TPSA) is 49.9 Å². The number of ether oxygens (including phenoxy) is 1. The zero-order valence-corrected chi connectivity index (χ0v) is 17.4. The van der Waals surface area contributed by atoms with Crippen LogP contribution in [0.4, 0.5) is 5.69 Å². The predicted molar refractivity (Wildman–Crippen MR) is 114 cm³/mol. The molecule has 0 saturated carbocycles. The lowest BCUT2D eigenvalue weighted by Crippen LogP contribution is -2.47. The van der Waals surface area contributed by atoms with E-state index >= 15 is 0 Å². The maximum atomic E-state index is 13.6. The number of amides is 2. The van der Waals surface area contributed by atoms with Crippen LogP contribution < -0.4 is 4.90 Å². The third-order valence-corrected chi connectivity index (χ3v) is 5.75. The summed E-state index contributed by atoms with van der Waals surface area (Å²) in [4.78, 5) is 30.4. The molecule has 2 unspecified atom stereocenters. The lowest BCUT2D eigenvalue weighted by Gasteiger charge is -2.37. The molecule has 0 radical (unpaired) electrons. The van der Waals surface area contributed by atoms with Crippen LogP contribution in [-0.4, -0.2) is 42.0 Å². The van der Waals surface area contributed by atoms with Gasteiger partial charge in [-0.2, -0.15) is 0 Å². The minimum atomic E-state index is -0.326. The van der Waals surface area contributed by atoms with Crippen LogP contribution in [-0.2, 0) is 14.3 Å². The largest absolute Gasteiger partial charge is 0.372 e. The summed E-state index contributed by atoms with van der Waals surface area (Å²) in [6.07, 6.45) is -0.0683. The number of nitrogens with zero attached hydrogens (tertiary/aromatic N) is 2. The Balaban J connectivity index is 1.86. The lowest BCUT2D eigenvalue weighted by molar-refractivity contribution is -0.121. The zero-order valence-electron chi connectivity index (χ0n) is 16.7. The van der Waals surface area contributed by atoms with Gasteiger partial charge in [0.05, 0.1) is 23.5 Å². The molecular formula is C23H23ClN2O3. The number of carbonyl (C=O) groups is 2. The van der Waals surface area contributed by atoms with Gasteiger partial charge < -0.3 is 9.64 Å². The fourth-order valence-electron chi connectivity index (χ4n) is 4.09. The lowest BCUT2D eigenvalue weighted by atomic mass is 10.0. The molecule has 0 bridgehead atoms. The molecule has 2 amide bonds. The molecule has 4 rings (SSSR count). The summed E-state index contributed by atoms with van der Waals surface area (Å²) >= 11 is 6.27. The molecule has 1 fully saturated rings. The van der Waals surface area contributed by atoms with Crippen molar-refractivity contribution in [1.29, 1.82) is 0 Å². The first kappa shape index (κ1) is 19.7. The van der Waals surface area contributed by atoms with Crippen LogP contribution in [0.3, 0.4) is 0 Å². The van der Waals surface area contributed by atoms with E-state index in [4.69, 9.17) is 16.3 Å². The highest BCUT2D eigenvalue weighted by Gasteiger charge is 2.44. The van der Waals surface area contributed by atoms with E-state index in [1.54, 1.807) is 18.2 Å². The number of halogens is 1. The van der Waals surface area contributed by atoms with E-state index in [0.717, 1.165) is 5.56 Å². The van der Waals surface area contributed by atoms with Crippen LogP contribution >= 0.6 is 11.6 Å². The van der Waals surface area contributed by atoms with Gasteiger partial charge in [0.2, 0.25) is 0 Å². The van der Waals surface area contributed by atoms with Crippen LogP contribution in [0.5, 0.6) is 0 Å². The monoisotopic (exact) mass is 410 g/mol. The number of carbonyl (C=O) groups excluding carboxylic acids is 2. The number of morpholine rings is 1. The van der Waals surface area contributed by atoms with Crippen LogP contribution in [0.2, 0.25) is 5.02 Å². The van der Waals surface area contributed by atoms with Crippen molar-refractivity contribution in [3.05, 3.63) is 70.4 Å². The standard InChI is InChI=1S/C23H23ClN2O3/c1-14-12-25(13-15(2)29-14)21-20(17-8-5-4-6-9-17)22(27)26(23(21)28)19-11-7-10-18(24)16(19)3/h4-11,14-15H,12-13H2,1-3H3. The number of anilines is 1. The average molecular weight is 411 g/mol. The Morgan fingerprint density at radius 1 is 0.931 bits per heavy atom. The van der Waals surface area contributed by atoms with Gasteiger partial charge in [0, 0.05) is 18.1 Å². The van der Waals surface area contributed by atoms with Crippen molar-refractivity contribution in [2.75, 3.05) is 18.0 Å². The maximum absolute atomic E-state index is 13.6. The molecule has 0 N–H and O–H groups in total. The molecule has 2 aromatic rings. The quantitative estimate of drug-likeness (QED) is 0.716. The third-order valence-electron chi connectivity index (χ3n) is 5.34. The van der Waals surface area contributed by atoms with E-state index in [1.165, 1.54) is 4.90 Å². The molecule has 150 valence electrons. The zero-order chi connectivity index (χ0) is 20.7. The molecule has 29 heavy (non-hydrogen) atoms. The van der Waals surface area contributed by atoms with Gasteiger partial charge in [-0.3, -0.25) is 9.59 Å². The van der Waals surface area contributed by atoms with Crippen molar-refractivity contribution in [1.82, 2.24) is 4.90 Å². The van der Waals surface area contributed by atoms with Crippen molar-refractivity contribution >= 4 is 34.7 Å². The van der Waals surface area contributed by atoms with Crippen molar-refractivity contribution < 1.29 is 14.3 Å². The second-order valence-electron chi connectivity index (χ2n) is 7.58. The van der Waals surface area contributed by atoms with Gasteiger partial charge in [-0.05, 0) is 44.0 Å². The summed E-state index contributed by atoms with van der Waals surface area (Å²) in [5, 5.41) is 0.520. The minimum Gasteiger partial charge on any atom is -0.372 e. The second kappa shape index (κ2) is 7.65. The van der Waals surface area contributed by atoms with Gasteiger partial charge in [0.1, 0.15) is 5.70 Å².